The van der Waals surface area contributed by atoms with Crippen molar-refractivity contribution in [1.82, 2.24) is 9.80 Å². The number of fused-ring (bicyclic) bond motifs is 1. The number of amides is 2. The van der Waals surface area contributed by atoms with Gasteiger partial charge in [0.25, 0.3) is 0 Å². The number of aliphatic hydroxyl groups excluding tert-OH is 1. The van der Waals surface area contributed by atoms with Gasteiger partial charge in [0, 0.05) is 25.7 Å². The van der Waals surface area contributed by atoms with Crippen LogP contribution in [0, 0.1) is 11.8 Å². The Kier molecular flexibility index (Phi) is 9.61. The van der Waals surface area contributed by atoms with E-state index in [9.17, 15) is 14.4 Å². The summed E-state index contributed by atoms with van der Waals surface area (Å²) in [5, 5.41) is 9.11. The molecule has 3 unspecified atom stereocenters. The molecule has 0 radical (unpaired) electrons. The van der Waals surface area contributed by atoms with Gasteiger partial charge in [0.05, 0.1) is 18.1 Å². The van der Waals surface area contributed by atoms with Crippen molar-refractivity contribution in [3.8, 4) is 0 Å². The van der Waals surface area contributed by atoms with Crippen LogP contribution >= 0.6 is 0 Å². The molecule has 0 saturated carbocycles. The lowest BCUT2D eigenvalue weighted by Crippen LogP contribution is -2.58. The molecule has 0 aromatic rings. The van der Waals surface area contributed by atoms with Gasteiger partial charge >= 0.3 is 5.97 Å². The van der Waals surface area contributed by atoms with Crippen LogP contribution in [-0.2, 0) is 23.9 Å². The molecule has 3 aliphatic rings. The van der Waals surface area contributed by atoms with Crippen LogP contribution in [-0.4, -0.2) is 82.3 Å². The number of ether oxygens (including phenoxy) is 2. The number of carbonyl (C=O) groups is 3. The zero-order valence-corrected chi connectivity index (χ0v) is 22.7. The molecule has 36 heavy (non-hydrogen) atoms. The van der Waals surface area contributed by atoms with Crippen LogP contribution in [0.3, 0.4) is 0 Å². The molecule has 0 aliphatic carbocycles. The van der Waals surface area contributed by atoms with E-state index in [1.54, 1.807) is 17.9 Å². The molecule has 3 fully saturated rings. The average Bonchev–Trinajstić information content (AvgIpc) is 3.46. The van der Waals surface area contributed by atoms with E-state index in [4.69, 9.17) is 14.6 Å². The van der Waals surface area contributed by atoms with Gasteiger partial charge in [-0.15, -0.1) is 6.58 Å². The van der Waals surface area contributed by atoms with Crippen LogP contribution in [0.5, 0.6) is 0 Å². The summed E-state index contributed by atoms with van der Waals surface area (Å²) in [5.74, 6) is -2.07. The molecule has 3 saturated heterocycles. The van der Waals surface area contributed by atoms with Crippen molar-refractivity contribution < 1.29 is 29.0 Å². The summed E-state index contributed by atoms with van der Waals surface area (Å²) < 4.78 is 12.2. The van der Waals surface area contributed by atoms with Crippen molar-refractivity contribution in [3.63, 3.8) is 0 Å². The second-order valence-corrected chi connectivity index (χ2v) is 10.7. The number of hydrogen-bond donors (Lipinski definition) is 1. The molecular formula is C28H46N2O6. The van der Waals surface area contributed by atoms with Crippen LogP contribution in [0.1, 0.15) is 85.5 Å². The van der Waals surface area contributed by atoms with Gasteiger partial charge in [0.1, 0.15) is 17.6 Å². The van der Waals surface area contributed by atoms with E-state index in [1.807, 2.05) is 18.7 Å². The first-order valence-corrected chi connectivity index (χ1v) is 14.0. The Balaban J connectivity index is 2.02. The molecule has 1 N–H and O–H groups in total. The summed E-state index contributed by atoms with van der Waals surface area (Å²) in [4.78, 5) is 45.1. The van der Waals surface area contributed by atoms with E-state index in [0.29, 0.717) is 32.4 Å². The Morgan fingerprint density at radius 1 is 1.25 bits per heavy atom. The number of esters is 1. The van der Waals surface area contributed by atoms with E-state index in [1.165, 1.54) is 0 Å². The minimum Gasteiger partial charge on any atom is -0.466 e. The molecule has 3 heterocycles. The van der Waals surface area contributed by atoms with Crippen molar-refractivity contribution in [1.29, 1.82) is 0 Å². The minimum absolute atomic E-state index is 0.00273. The molecular weight excluding hydrogens is 460 g/mol. The number of carbonyl (C=O) groups excluding carboxylic acids is 3. The van der Waals surface area contributed by atoms with Gasteiger partial charge in [-0.3, -0.25) is 14.4 Å². The lowest BCUT2D eigenvalue weighted by atomic mass is 9.65. The highest BCUT2D eigenvalue weighted by Crippen LogP contribution is 2.64. The molecule has 204 valence electrons. The molecule has 2 amide bonds. The molecule has 8 nitrogen and oxygen atoms in total. The first-order chi connectivity index (χ1) is 17.3. The third kappa shape index (κ3) is 4.83. The summed E-state index contributed by atoms with van der Waals surface area (Å²) in [7, 11) is 0. The van der Waals surface area contributed by atoms with Gasteiger partial charge in [-0.1, -0.05) is 39.2 Å². The Hall–Kier alpha value is -1.93. The fraction of sp³-hybridized carbons (Fsp3) is 0.821. The highest BCUT2D eigenvalue weighted by molar-refractivity contribution is 5.98. The summed E-state index contributed by atoms with van der Waals surface area (Å²) in [5.41, 5.74) is -1.78. The summed E-state index contributed by atoms with van der Waals surface area (Å²) in [6.07, 6.45) is 8.49. The average molecular weight is 507 g/mol. The van der Waals surface area contributed by atoms with Crippen LogP contribution in [0.4, 0.5) is 0 Å². The zero-order valence-electron chi connectivity index (χ0n) is 22.7. The summed E-state index contributed by atoms with van der Waals surface area (Å²) in [6, 6.07) is -0.767. The predicted molar refractivity (Wildman–Crippen MR) is 137 cm³/mol. The van der Waals surface area contributed by atoms with Gasteiger partial charge in [0.2, 0.25) is 11.8 Å². The molecule has 3 rings (SSSR count). The first-order valence-electron chi connectivity index (χ1n) is 14.0. The van der Waals surface area contributed by atoms with Crippen molar-refractivity contribution >= 4 is 17.8 Å². The Morgan fingerprint density at radius 3 is 2.58 bits per heavy atom. The molecule has 0 aromatic heterocycles. The molecule has 6 atom stereocenters. The Bertz CT molecular complexity index is 818. The van der Waals surface area contributed by atoms with Gasteiger partial charge in [-0.05, 0) is 52.4 Å². The quantitative estimate of drug-likeness (QED) is 0.208. The van der Waals surface area contributed by atoms with Crippen molar-refractivity contribution in [2.75, 3.05) is 26.3 Å². The predicted octanol–water partition coefficient (Wildman–Crippen LogP) is 3.46. The highest BCUT2D eigenvalue weighted by atomic mass is 16.6. The Morgan fingerprint density at radius 2 is 1.97 bits per heavy atom. The number of likely N-dealkylation sites (tertiary alicyclic amines) is 1. The Labute approximate surface area is 216 Å². The van der Waals surface area contributed by atoms with Crippen LogP contribution in [0.25, 0.3) is 0 Å². The lowest BCUT2D eigenvalue weighted by molar-refractivity contribution is -0.162. The smallest absolute Gasteiger partial charge is 0.312 e. The van der Waals surface area contributed by atoms with Crippen LogP contribution in [0.2, 0.25) is 0 Å². The van der Waals surface area contributed by atoms with Gasteiger partial charge < -0.3 is 24.4 Å². The topological polar surface area (TPSA) is 96.4 Å². The monoisotopic (exact) mass is 506 g/mol. The third-order valence-electron chi connectivity index (χ3n) is 8.61. The summed E-state index contributed by atoms with van der Waals surface area (Å²) >= 11 is 0. The number of unbranched alkanes of at least 4 members (excludes halogenated alkanes) is 3. The summed E-state index contributed by atoms with van der Waals surface area (Å²) in [6.45, 7) is 13.0. The fourth-order valence-electron chi connectivity index (χ4n) is 6.93. The molecule has 8 heteroatoms. The van der Waals surface area contributed by atoms with Gasteiger partial charge in [-0.2, -0.15) is 0 Å². The first kappa shape index (κ1) is 28.6. The van der Waals surface area contributed by atoms with Crippen molar-refractivity contribution in [3.05, 3.63) is 12.7 Å². The zero-order chi connectivity index (χ0) is 26.5. The molecule has 1 spiro atoms. The number of rotatable bonds is 15. The largest absolute Gasteiger partial charge is 0.466 e. The van der Waals surface area contributed by atoms with E-state index in [-0.39, 0.29) is 31.1 Å². The molecule has 2 bridgehead atoms. The SMILES string of the molecule is C=CCN(C(=O)C1N(CCCCCCO)C(=O)[C@@H]2[C@@H](C(=O)OCC)[C@@]3(CC)CCC12O3)C(C)CCC. The molecule has 0 aromatic carbocycles. The minimum atomic E-state index is -1.02. The van der Waals surface area contributed by atoms with Gasteiger partial charge in [-0.25, -0.2) is 0 Å². The number of aliphatic hydroxyl groups is 1. The number of nitrogens with zero attached hydrogens (tertiary/aromatic N) is 2. The van der Waals surface area contributed by atoms with Crippen molar-refractivity contribution in [2.45, 2.75) is 109 Å². The maximum atomic E-state index is 14.3. The molecule has 3 aliphatic heterocycles. The second kappa shape index (κ2) is 12.1. The van der Waals surface area contributed by atoms with Gasteiger partial charge in [0.15, 0.2) is 0 Å². The van der Waals surface area contributed by atoms with Crippen molar-refractivity contribution in [2.24, 2.45) is 11.8 Å². The van der Waals surface area contributed by atoms with E-state index >= 15 is 0 Å². The maximum Gasteiger partial charge on any atom is 0.312 e. The van der Waals surface area contributed by atoms with Crippen LogP contribution < -0.4 is 0 Å². The standard InChI is InChI=1S/C28H46N2O6/c1-6-14-20(5)29(17-7-2)25(33)23-28-16-15-27(8-3,36-28)22(26(34)35-9-4)21(28)24(32)30(23)18-12-10-11-13-19-31/h7,20-23,31H,2,6,8-19H2,1,3-5H3/t20?,21-,22-,23?,27+,28?/m0/s1. The maximum absolute atomic E-state index is 14.3. The van der Waals surface area contributed by atoms with E-state index < -0.39 is 35.0 Å². The number of hydrogen-bond acceptors (Lipinski definition) is 6. The lowest BCUT2D eigenvalue weighted by Gasteiger charge is -2.39. The van der Waals surface area contributed by atoms with E-state index in [0.717, 1.165) is 38.5 Å². The fourth-order valence-corrected chi connectivity index (χ4v) is 6.93. The third-order valence-corrected chi connectivity index (χ3v) is 8.61. The van der Waals surface area contributed by atoms with Crippen LogP contribution in [0.15, 0.2) is 12.7 Å². The highest BCUT2D eigenvalue weighted by Gasteiger charge is 2.79. The van der Waals surface area contributed by atoms with E-state index in [2.05, 4.69) is 13.5 Å². The normalized spacial score (nSPS) is 31.4. The second-order valence-electron chi connectivity index (χ2n) is 10.7.